The highest BCUT2D eigenvalue weighted by molar-refractivity contribution is 7.97. The topological polar surface area (TPSA) is 92.7 Å². The minimum Gasteiger partial charge on any atom is -0.293 e. The fraction of sp³-hybridized carbons (Fsp3) is 1.00. The van der Waals surface area contributed by atoms with E-state index in [9.17, 15) is 12.6 Å². The Bertz CT molecular complexity index is 208. The highest BCUT2D eigenvalue weighted by atomic mass is 32.3. The average Bonchev–Trinajstić information content (AvgIpc) is 1.59. The van der Waals surface area contributed by atoms with E-state index in [1.165, 1.54) is 11.1 Å². The molecular weight excluding hydrogens is 182 g/mol. The molecule has 0 saturated carbocycles. The summed E-state index contributed by atoms with van der Waals surface area (Å²) in [5, 5.41) is 0. The first-order valence-electron chi connectivity index (χ1n) is 2.25. The van der Waals surface area contributed by atoms with Crippen LogP contribution in [0.25, 0.3) is 0 Å². The Morgan fingerprint density at radius 1 is 1.70 bits per heavy atom. The van der Waals surface area contributed by atoms with Crippen molar-refractivity contribution in [2.24, 2.45) is 0 Å². The van der Waals surface area contributed by atoms with Gasteiger partial charge in [-0.1, -0.05) is 4.13 Å². The molecule has 2 N–H and O–H groups in total. The van der Waals surface area contributed by atoms with Gasteiger partial charge in [0.05, 0.1) is 6.61 Å². The second-order valence-corrected chi connectivity index (χ2v) is 3.50. The van der Waals surface area contributed by atoms with E-state index in [0.29, 0.717) is 0 Å². The van der Waals surface area contributed by atoms with E-state index in [1.54, 1.807) is 0 Å². The molecule has 0 aromatic rings. The molecule has 0 aromatic carbocycles. The summed E-state index contributed by atoms with van der Waals surface area (Å²) in [5.41, 5.74) is 0. The molecule has 0 bridgehead atoms. The number of hydrogen-bond acceptors (Lipinski definition) is 4. The van der Waals surface area contributed by atoms with Gasteiger partial charge in [-0.3, -0.25) is 8.74 Å². The monoisotopic (exact) mass is 189 g/mol. The molecule has 0 aromatic heterocycles. The first kappa shape index (κ1) is 9.98. The van der Waals surface area contributed by atoms with Crippen LogP contribution in [-0.4, -0.2) is 23.8 Å². The maximum absolute atomic E-state index is 10.4. The molecule has 0 aliphatic carbocycles. The normalized spacial score (nSPS) is 15.0. The molecule has 0 spiro atoms. The zero-order chi connectivity index (χ0) is 8.20. The van der Waals surface area contributed by atoms with Gasteiger partial charge in [0.25, 0.3) is 0 Å². The third-order valence-corrected chi connectivity index (χ3v) is 2.38. The van der Waals surface area contributed by atoms with Gasteiger partial charge in [0, 0.05) is 0 Å². The molecule has 1 unspecified atom stereocenters. The summed E-state index contributed by atoms with van der Waals surface area (Å²) in [6.45, 7) is 1.37. The quantitative estimate of drug-likeness (QED) is 0.553. The third-order valence-electron chi connectivity index (χ3n) is 0.446. The minimum absolute atomic E-state index is 0.0769. The van der Waals surface area contributed by atoms with Crippen LogP contribution < -0.4 is 4.13 Å². The Labute approximate surface area is 61.3 Å². The van der Waals surface area contributed by atoms with Crippen LogP contribution in [0.15, 0.2) is 0 Å². The Hall–Kier alpha value is -0.0200. The largest absolute Gasteiger partial charge is 0.348 e. The Balaban J connectivity index is 4.02. The molecule has 1 atom stereocenters. The van der Waals surface area contributed by atoms with E-state index < -0.39 is 21.6 Å². The van der Waals surface area contributed by atoms with Gasteiger partial charge in [-0.25, -0.2) is 4.21 Å². The van der Waals surface area contributed by atoms with Crippen LogP contribution in [0, 0.1) is 0 Å². The van der Waals surface area contributed by atoms with Gasteiger partial charge in [-0.15, -0.1) is 0 Å². The number of hydrogen-bond donors (Lipinski definition) is 2. The maximum Gasteiger partial charge on any atom is 0.348 e. The SMILES string of the molecule is CCOS(=O)(=O)NS(=O)O. The standard InChI is InChI=1S/C2H7NO5S2/c1-2-8-10(6,7)3-9(4)5/h3H,2H2,1H3,(H,4,5). The first-order valence-corrected chi connectivity index (χ1v) is 4.77. The fourth-order valence-electron chi connectivity index (χ4n) is 0.267. The summed E-state index contributed by atoms with van der Waals surface area (Å²) in [4.78, 5) is 0. The summed E-state index contributed by atoms with van der Waals surface area (Å²) in [6.07, 6.45) is 0. The van der Waals surface area contributed by atoms with E-state index in [4.69, 9.17) is 4.55 Å². The molecule has 10 heavy (non-hydrogen) atoms. The third kappa shape index (κ3) is 4.82. The molecule has 0 rings (SSSR count). The van der Waals surface area contributed by atoms with Crippen molar-refractivity contribution in [3.05, 3.63) is 0 Å². The summed E-state index contributed by atoms with van der Waals surface area (Å²) in [6, 6.07) is 0. The van der Waals surface area contributed by atoms with Crippen molar-refractivity contribution in [1.29, 1.82) is 0 Å². The van der Waals surface area contributed by atoms with Gasteiger partial charge in [0.2, 0.25) is 11.3 Å². The average molecular weight is 189 g/mol. The molecule has 0 fully saturated rings. The number of nitrogens with one attached hydrogen (secondary N) is 1. The van der Waals surface area contributed by atoms with E-state index in [-0.39, 0.29) is 6.61 Å². The molecular formula is C2H7NO5S2. The van der Waals surface area contributed by atoms with Crippen molar-refractivity contribution in [2.45, 2.75) is 6.92 Å². The van der Waals surface area contributed by atoms with Crippen LogP contribution in [0.1, 0.15) is 6.92 Å². The second kappa shape index (κ2) is 3.98. The van der Waals surface area contributed by atoms with Crippen LogP contribution in [-0.2, 0) is 25.8 Å². The van der Waals surface area contributed by atoms with Crippen molar-refractivity contribution < 1.29 is 21.4 Å². The van der Waals surface area contributed by atoms with Crippen LogP contribution in [0.2, 0.25) is 0 Å². The number of rotatable bonds is 4. The van der Waals surface area contributed by atoms with Crippen molar-refractivity contribution in [3.63, 3.8) is 0 Å². The lowest BCUT2D eigenvalue weighted by molar-refractivity contribution is 0.335. The van der Waals surface area contributed by atoms with Crippen molar-refractivity contribution in [1.82, 2.24) is 4.13 Å². The molecule has 62 valence electrons. The van der Waals surface area contributed by atoms with Gasteiger partial charge in [-0.05, 0) is 6.92 Å². The molecule has 0 saturated heterocycles. The van der Waals surface area contributed by atoms with E-state index >= 15 is 0 Å². The van der Waals surface area contributed by atoms with Gasteiger partial charge in [0.1, 0.15) is 0 Å². The summed E-state index contributed by atoms with van der Waals surface area (Å²) in [7, 11) is -4.03. The zero-order valence-corrected chi connectivity index (χ0v) is 6.74. The van der Waals surface area contributed by atoms with Gasteiger partial charge in [0.15, 0.2) is 0 Å². The predicted molar refractivity (Wildman–Crippen MR) is 34.5 cm³/mol. The van der Waals surface area contributed by atoms with Crippen LogP contribution in [0.4, 0.5) is 0 Å². The summed E-state index contributed by atoms with van der Waals surface area (Å²) >= 11 is -2.60. The molecule has 0 amide bonds. The summed E-state index contributed by atoms with van der Waals surface area (Å²) in [5.74, 6) is 0. The van der Waals surface area contributed by atoms with E-state index in [2.05, 4.69) is 4.18 Å². The Kier molecular flexibility index (Phi) is 3.98. The molecule has 0 aliphatic rings. The zero-order valence-electron chi connectivity index (χ0n) is 5.10. The summed E-state index contributed by atoms with van der Waals surface area (Å²) < 4.78 is 43.9. The van der Waals surface area contributed by atoms with E-state index in [1.807, 2.05) is 0 Å². The van der Waals surface area contributed by atoms with Crippen LogP contribution >= 0.6 is 0 Å². The van der Waals surface area contributed by atoms with Gasteiger partial charge < -0.3 is 0 Å². The van der Waals surface area contributed by atoms with Crippen molar-refractivity contribution in [3.8, 4) is 0 Å². The lowest BCUT2D eigenvalue weighted by Crippen LogP contribution is -2.27. The lowest BCUT2D eigenvalue weighted by Gasteiger charge is -1.99. The Morgan fingerprint density at radius 3 is 2.50 bits per heavy atom. The second-order valence-electron chi connectivity index (χ2n) is 1.19. The van der Waals surface area contributed by atoms with Gasteiger partial charge >= 0.3 is 10.3 Å². The maximum atomic E-state index is 10.4. The first-order chi connectivity index (χ1) is 4.48. The molecule has 0 heterocycles. The molecule has 0 aliphatic heterocycles. The molecule has 8 heteroatoms. The van der Waals surface area contributed by atoms with Gasteiger partial charge in [-0.2, -0.15) is 8.42 Å². The fourth-order valence-corrected chi connectivity index (χ4v) is 1.47. The van der Waals surface area contributed by atoms with Crippen molar-refractivity contribution in [2.75, 3.05) is 6.61 Å². The predicted octanol–water partition coefficient (Wildman–Crippen LogP) is -1.01. The van der Waals surface area contributed by atoms with Crippen LogP contribution in [0.5, 0.6) is 0 Å². The minimum atomic E-state index is -4.03. The lowest BCUT2D eigenvalue weighted by atomic mass is 10.9. The van der Waals surface area contributed by atoms with Crippen LogP contribution in [0.3, 0.4) is 0 Å². The van der Waals surface area contributed by atoms with Crippen molar-refractivity contribution >= 4 is 21.6 Å². The van der Waals surface area contributed by atoms with E-state index in [0.717, 1.165) is 0 Å². The molecule has 6 nitrogen and oxygen atoms in total. The highest BCUT2D eigenvalue weighted by Gasteiger charge is 2.10. The highest BCUT2D eigenvalue weighted by Crippen LogP contribution is 1.86. The molecule has 0 radical (unpaired) electrons. The Morgan fingerprint density at radius 2 is 2.20 bits per heavy atom. The smallest absolute Gasteiger partial charge is 0.293 e.